The minimum Gasteiger partial charge on any atom is -0.496 e. The van der Waals surface area contributed by atoms with Crippen LogP contribution in [-0.2, 0) is 9.84 Å². The molecule has 2 aromatic carbocycles. The number of benzene rings is 2. The van der Waals surface area contributed by atoms with Gasteiger partial charge in [-0.1, -0.05) is 6.07 Å². The molecule has 0 aromatic heterocycles. The summed E-state index contributed by atoms with van der Waals surface area (Å²) in [6, 6.07) is 10.9. The Kier molecular flexibility index (Phi) is 4.90. The molecule has 0 aliphatic carbocycles. The number of amides is 1. The van der Waals surface area contributed by atoms with Crippen molar-refractivity contribution in [3.8, 4) is 11.5 Å². The van der Waals surface area contributed by atoms with Gasteiger partial charge in [0.1, 0.15) is 17.1 Å². The summed E-state index contributed by atoms with van der Waals surface area (Å²) < 4.78 is 33.2. The van der Waals surface area contributed by atoms with E-state index in [1.54, 1.807) is 18.2 Å². The van der Waals surface area contributed by atoms with Gasteiger partial charge in [0.25, 0.3) is 5.91 Å². The van der Waals surface area contributed by atoms with E-state index in [0.717, 1.165) is 6.26 Å². The standard InChI is InChI=1S/C16H17NO5S/c1-21-13-5-4-6-14(22-2)15(13)16(18)17-11-7-9-12(10-8-11)23(3,19)20/h4-10H,1-3H3,(H,17,18). The van der Waals surface area contributed by atoms with Crippen molar-refractivity contribution in [3.63, 3.8) is 0 Å². The molecule has 0 saturated carbocycles. The first kappa shape index (κ1) is 16.8. The second-order valence-electron chi connectivity index (χ2n) is 4.79. The van der Waals surface area contributed by atoms with Gasteiger partial charge in [0.05, 0.1) is 19.1 Å². The van der Waals surface area contributed by atoms with E-state index in [4.69, 9.17) is 9.47 Å². The molecule has 0 aliphatic heterocycles. The zero-order valence-corrected chi connectivity index (χ0v) is 13.8. The van der Waals surface area contributed by atoms with E-state index in [0.29, 0.717) is 17.2 Å². The van der Waals surface area contributed by atoms with Crippen molar-refractivity contribution in [2.75, 3.05) is 25.8 Å². The van der Waals surface area contributed by atoms with Crippen molar-refractivity contribution in [2.24, 2.45) is 0 Å². The average molecular weight is 335 g/mol. The van der Waals surface area contributed by atoms with Crippen LogP contribution in [0.15, 0.2) is 47.4 Å². The molecule has 0 aliphatic rings. The summed E-state index contributed by atoms with van der Waals surface area (Å²) in [4.78, 5) is 12.7. The number of hydrogen-bond acceptors (Lipinski definition) is 5. The second-order valence-corrected chi connectivity index (χ2v) is 6.80. The Balaban J connectivity index is 2.29. The quantitative estimate of drug-likeness (QED) is 0.907. The highest BCUT2D eigenvalue weighted by molar-refractivity contribution is 7.90. The van der Waals surface area contributed by atoms with Crippen molar-refractivity contribution in [1.29, 1.82) is 0 Å². The van der Waals surface area contributed by atoms with E-state index < -0.39 is 15.7 Å². The van der Waals surface area contributed by atoms with Gasteiger partial charge in [-0.15, -0.1) is 0 Å². The molecule has 23 heavy (non-hydrogen) atoms. The predicted octanol–water partition coefficient (Wildman–Crippen LogP) is 2.36. The summed E-state index contributed by atoms with van der Waals surface area (Å²) in [5, 5.41) is 2.69. The highest BCUT2D eigenvalue weighted by Crippen LogP contribution is 2.29. The third-order valence-electron chi connectivity index (χ3n) is 3.20. The largest absolute Gasteiger partial charge is 0.496 e. The van der Waals surface area contributed by atoms with Crippen LogP contribution in [0.4, 0.5) is 5.69 Å². The van der Waals surface area contributed by atoms with Gasteiger partial charge >= 0.3 is 0 Å². The summed E-state index contributed by atoms with van der Waals surface area (Å²) >= 11 is 0. The number of methoxy groups -OCH3 is 2. The van der Waals surface area contributed by atoms with Crippen molar-refractivity contribution in [3.05, 3.63) is 48.0 Å². The SMILES string of the molecule is COc1cccc(OC)c1C(=O)Nc1ccc(S(C)(=O)=O)cc1. The number of ether oxygens (including phenoxy) is 2. The number of rotatable bonds is 5. The van der Waals surface area contributed by atoms with Crippen LogP contribution in [0.2, 0.25) is 0 Å². The van der Waals surface area contributed by atoms with Crippen LogP contribution in [0.25, 0.3) is 0 Å². The van der Waals surface area contributed by atoms with Gasteiger partial charge in [-0.25, -0.2) is 8.42 Å². The van der Waals surface area contributed by atoms with E-state index in [1.165, 1.54) is 38.5 Å². The monoisotopic (exact) mass is 335 g/mol. The third kappa shape index (κ3) is 3.81. The maximum Gasteiger partial charge on any atom is 0.263 e. The lowest BCUT2D eigenvalue weighted by Gasteiger charge is -2.13. The van der Waals surface area contributed by atoms with Crippen molar-refractivity contribution < 1.29 is 22.7 Å². The number of sulfone groups is 1. The Morgan fingerprint density at radius 3 is 1.91 bits per heavy atom. The Morgan fingerprint density at radius 2 is 1.48 bits per heavy atom. The lowest BCUT2D eigenvalue weighted by Crippen LogP contribution is -2.14. The normalized spacial score (nSPS) is 10.9. The molecular weight excluding hydrogens is 318 g/mol. The highest BCUT2D eigenvalue weighted by atomic mass is 32.2. The molecule has 1 N–H and O–H groups in total. The summed E-state index contributed by atoms with van der Waals surface area (Å²) in [5.74, 6) is 0.357. The second kappa shape index (κ2) is 6.70. The molecule has 7 heteroatoms. The number of anilines is 1. The summed E-state index contributed by atoms with van der Waals surface area (Å²) in [6.45, 7) is 0. The van der Waals surface area contributed by atoms with Gasteiger partial charge in [-0.05, 0) is 36.4 Å². The third-order valence-corrected chi connectivity index (χ3v) is 4.32. The Hall–Kier alpha value is -2.54. The minimum absolute atomic E-state index is 0.186. The van der Waals surface area contributed by atoms with E-state index in [9.17, 15) is 13.2 Å². The number of carbonyl (C=O) groups is 1. The van der Waals surface area contributed by atoms with E-state index in [1.807, 2.05) is 0 Å². The lowest BCUT2D eigenvalue weighted by molar-refractivity contribution is 0.102. The van der Waals surface area contributed by atoms with Gasteiger partial charge in [0.15, 0.2) is 9.84 Å². The van der Waals surface area contributed by atoms with E-state index >= 15 is 0 Å². The Bertz CT molecular complexity index is 791. The summed E-state index contributed by atoms with van der Waals surface area (Å²) in [7, 11) is -0.345. The summed E-state index contributed by atoms with van der Waals surface area (Å²) in [6.07, 6.45) is 1.13. The maximum absolute atomic E-state index is 12.5. The number of carbonyl (C=O) groups excluding carboxylic acids is 1. The number of hydrogen-bond donors (Lipinski definition) is 1. The van der Waals surface area contributed by atoms with Crippen LogP contribution in [0.3, 0.4) is 0 Å². The summed E-state index contributed by atoms with van der Waals surface area (Å²) in [5.41, 5.74) is 0.736. The molecule has 0 radical (unpaired) electrons. The molecule has 0 atom stereocenters. The van der Waals surface area contributed by atoms with Crippen LogP contribution >= 0.6 is 0 Å². The fourth-order valence-electron chi connectivity index (χ4n) is 2.05. The smallest absolute Gasteiger partial charge is 0.263 e. The highest BCUT2D eigenvalue weighted by Gasteiger charge is 2.18. The Labute approximate surface area is 135 Å². The van der Waals surface area contributed by atoms with Gasteiger partial charge in [-0.3, -0.25) is 4.79 Å². The van der Waals surface area contributed by atoms with Gasteiger partial charge in [0.2, 0.25) is 0 Å². The first-order valence-electron chi connectivity index (χ1n) is 6.69. The fourth-order valence-corrected chi connectivity index (χ4v) is 2.68. The molecule has 0 saturated heterocycles. The van der Waals surface area contributed by atoms with Gasteiger partial charge in [0, 0.05) is 11.9 Å². The molecule has 0 spiro atoms. The van der Waals surface area contributed by atoms with E-state index in [2.05, 4.69) is 5.32 Å². The fraction of sp³-hybridized carbons (Fsp3) is 0.188. The van der Waals surface area contributed by atoms with Crippen molar-refractivity contribution in [2.45, 2.75) is 4.90 Å². The molecule has 2 aromatic rings. The average Bonchev–Trinajstić information content (AvgIpc) is 2.53. The molecule has 0 heterocycles. The van der Waals surface area contributed by atoms with Crippen LogP contribution < -0.4 is 14.8 Å². The molecule has 122 valence electrons. The molecule has 2 rings (SSSR count). The van der Waals surface area contributed by atoms with E-state index in [-0.39, 0.29) is 10.5 Å². The van der Waals surface area contributed by atoms with Gasteiger partial charge in [-0.2, -0.15) is 0 Å². The van der Waals surface area contributed by atoms with Crippen molar-refractivity contribution >= 4 is 21.4 Å². The van der Waals surface area contributed by atoms with Crippen LogP contribution in [0, 0.1) is 0 Å². The van der Waals surface area contributed by atoms with Crippen molar-refractivity contribution in [1.82, 2.24) is 0 Å². The molecule has 0 unspecified atom stereocenters. The molecule has 6 nitrogen and oxygen atoms in total. The van der Waals surface area contributed by atoms with Crippen LogP contribution in [-0.4, -0.2) is 34.8 Å². The lowest BCUT2D eigenvalue weighted by atomic mass is 10.1. The first-order valence-corrected chi connectivity index (χ1v) is 8.58. The topological polar surface area (TPSA) is 81.7 Å². The minimum atomic E-state index is -3.27. The van der Waals surface area contributed by atoms with Gasteiger partial charge < -0.3 is 14.8 Å². The molecule has 1 amide bonds. The number of nitrogens with one attached hydrogen (secondary N) is 1. The predicted molar refractivity (Wildman–Crippen MR) is 87.1 cm³/mol. The first-order chi connectivity index (χ1) is 10.9. The zero-order valence-electron chi connectivity index (χ0n) is 13.0. The maximum atomic E-state index is 12.5. The van der Waals surface area contributed by atoms with Crippen LogP contribution in [0.5, 0.6) is 11.5 Å². The molecule has 0 fully saturated rings. The van der Waals surface area contributed by atoms with Crippen LogP contribution in [0.1, 0.15) is 10.4 Å². The molecule has 0 bridgehead atoms. The zero-order chi connectivity index (χ0) is 17.0. The Morgan fingerprint density at radius 1 is 0.957 bits per heavy atom. The molecular formula is C16H17NO5S.